The maximum Gasteiger partial charge on any atom is 0.410 e. The molecule has 0 bridgehead atoms. The third-order valence-electron chi connectivity index (χ3n) is 4.04. The van der Waals surface area contributed by atoms with Gasteiger partial charge in [0, 0.05) is 32.9 Å². The first-order valence-corrected chi connectivity index (χ1v) is 8.89. The Morgan fingerprint density at radius 3 is 2.80 bits per heavy atom. The molecule has 6 nitrogen and oxygen atoms in total. The molecule has 0 aromatic carbocycles. The number of carbonyl (C=O) groups is 2. The van der Waals surface area contributed by atoms with Crippen molar-refractivity contribution in [2.45, 2.75) is 39.2 Å². The van der Waals surface area contributed by atoms with E-state index < -0.39 is 5.60 Å². The maximum absolute atomic E-state index is 12.5. The van der Waals surface area contributed by atoms with Gasteiger partial charge in [0.25, 0.3) is 5.91 Å². The molecule has 1 saturated heterocycles. The molecule has 0 saturated carbocycles. The quantitative estimate of drug-likeness (QED) is 0.767. The summed E-state index contributed by atoms with van der Waals surface area (Å²) in [6.07, 6.45) is 3.14. The summed E-state index contributed by atoms with van der Waals surface area (Å²) in [5.41, 5.74) is -0.111. The van der Waals surface area contributed by atoms with E-state index in [4.69, 9.17) is 16.3 Å². The molecule has 0 aliphatic carbocycles. The van der Waals surface area contributed by atoms with Crippen LogP contribution < -0.4 is 0 Å². The molecule has 7 heteroatoms. The zero-order chi connectivity index (χ0) is 18.6. The predicted molar refractivity (Wildman–Crippen MR) is 96.7 cm³/mol. The van der Waals surface area contributed by atoms with Crippen LogP contribution in [0.3, 0.4) is 0 Å². The Balaban J connectivity index is 1.94. The van der Waals surface area contributed by atoms with Gasteiger partial charge < -0.3 is 14.5 Å². The van der Waals surface area contributed by atoms with Gasteiger partial charge in [0.1, 0.15) is 10.8 Å². The van der Waals surface area contributed by atoms with Gasteiger partial charge in [-0.05, 0) is 51.7 Å². The molecule has 1 aromatic heterocycles. The van der Waals surface area contributed by atoms with Crippen molar-refractivity contribution in [2.24, 2.45) is 5.92 Å². The molecule has 25 heavy (non-hydrogen) atoms. The van der Waals surface area contributed by atoms with Crippen LogP contribution in [-0.4, -0.2) is 59.1 Å². The molecule has 0 unspecified atom stereocenters. The van der Waals surface area contributed by atoms with Gasteiger partial charge in [-0.1, -0.05) is 11.6 Å². The van der Waals surface area contributed by atoms with E-state index in [1.54, 1.807) is 35.2 Å². The predicted octanol–water partition coefficient (Wildman–Crippen LogP) is 3.45. The van der Waals surface area contributed by atoms with Crippen LogP contribution in [0.4, 0.5) is 4.79 Å². The highest BCUT2D eigenvalue weighted by atomic mass is 35.5. The van der Waals surface area contributed by atoms with Crippen molar-refractivity contribution in [3.8, 4) is 0 Å². The first-order chi connectivity index (χ1) is 11.7. The zero-order valence-corrected chi connectivity index (χ0v) is 16.0. The summed E-state index contributed by atoms with van der Waals surface area (Å²) in [7, 11) is 1.75. The molecule has 1 aromatic rings. The van der Waals surface area contributed by atoms with Crippen molar-refractivity contribution >= 4 is 23.6 Å². The fourth-order valence-electron chi connectivity index (χ4n) is 2.93. The highest BCUT2D eigenvalue weighted by molar-refractivity contribution is 6.32. The molecule has 1 aliphatic heterocycles. The van der Waals surface area contributed by atoms with Crippen molar-refractivity contribution in [2.75, 3.05) is 26.7 Å². The van der Waals surface area contributed by atoms with Gasteiger partial charge in [0.05, 0.1) is 5.56 Å². The van der Waals surface area contributed by atoms with E-state index in [1.165, 1.54) is 0 Å². The van der Waals surface area contributed by atoms with Crippen molar-refractivity contribution < 1.29 is 14.3 Å². The lowest BCUT2D eigenvalue weighted by atomic mass is 9.97. The molecule has 0 N–H and O–H groups in total. The normalized spacial score (nSPS) is 18.0. The van der Waals surface area contributed by atoms with E-state index in [2.05, 4.69) is 4.98 Å². The van der Waals surface area contributed by atoms with E-state index in [0.29, 0.717) is 25.2 Å². The second kappa shape index (κ2) is 8.04. The van der Waals surface area contributed by atoms with E-state index in [9.17, 15) is 9.59 Å². The molecule has 2 heterocycles. The SMILES string of the molecule is CN(C[C@@H]1CCCN(C(=O)OC(C)(C)C)C1)C(=O)c1cccnc1Cl. The summed E-state index contributed by atoms with van der Waals surface area (Å²) in [6, 6.07) is 3.36. The number of rotatable bonds is 3. The van der Waals surface area contributed by atoms with E-state index >= 15 is 0 Å². The van der Waals surface area contributed by atoms with Crippen LogP contribution in [0.1, 0.15) is 44.0 Å². The Morgan fingerprint density at radius 2 is 2.16 bits per heavy atom. The minimum absolute atomic E-state index is 0.160. The van der Waals surface area contributed by atoms with Crippen LogP contribution in [0.2, 0.25) is 5.15 Å². The number of amides is 2. The summed E-state index contributed by atoms with van der Waals surface area (Å²) >= 11 is 6.00. The van der Waals surface area contributed by atoms with E-state index in [0.717, 1.165) is 12.8 Å². The van der Waals surface area contributed by atoms with Gasteiger partial charge in [-0.3, -0.25) is 4.79 Å². The summed E-state index contributed by atoms with van der Waals surface area (Å²) in [5.74, 6) is 0.0538. The Labute approximate surface area is 154 Å². The minimum Gasteiger partial charge on any atom is -0.444 e. The average molecular weight is 368 g/mol. The topological polar surface area (TPSA) is 62.7 Å². The lowest BCUT2D eigenvalue weighted by Crippen LogP contribution is -2.45. The third kappa shape index (κ3) is 5.59. The van der Waals surface area contributed by atoms with Crippen LogP contribution in [0.25, 0.3) is 0 Å². The summed E-state index contributed by atoms with van der Waals surface area (Å²) in [6.45, 7) is 7.41. The summed E-state index contributed by atoms with van der Waals surface area (Å²) in [4.78, 5) is 32.1. The number of hydrogen-bond acceptors (Lipinski definition) is 4. The highest BCUT2D eigenvalue weighted by Gasteiger charge is 2.29. The van der Waals surface area contributed by atoms with Gasteiger partial charge in [0.15, 0.2) is 0 Å². The van der Waals surface area contributed by atoms with Crippen LogP contribution in [-0.2, 0) is 4.74 Å². The minimum atomic E-state index is -0.506. The molecule has 2 amide bonds. The standard InChI is InChI=1S/C18H26ClN3O3/c1-18(2,3)25-17(24)22-10-6-7-13(12-22)11-21(4)16(23)14-8-5-9-20-15(14)19/h5,8-9,13H,6-7,10-12H2,1-4H3/t13-/m0/s1. The smallest absolute Gasteiger partial charge is 0.410 e. The van der Waals surface area contributed by atoms with E-state index in [1.807, 2.05) is 20.8 Å². The summed E-state index contributed by atoms with van der Waals surface area (Å²) in [5, 5.41) is 0.207. The van der Waals surface area contributed by atoms with Crippen LogP contribution >= 0.6 is 11.6 Å². The number of aromatic nitrogens is 1. The lowest BCUT2D eigenvalue weighted by molar-refractivity contribution is 0.0151. The summed E-state index contributed by atoms with van der Waals surface area (Å²) < 4.78 is 5.44. The molecule has 138 valence electrons. The highest BCUT2D eigenvalue weighted by Crippen LogP contribution is 2.21. The number of nitrogens with zero attached hydrogens (tertiary/aromatic N) is 3. The lowest BCUT2D eigenvalue weighted by Gasteiger charge is -2.35. The average Bonchev–Trinajstić information content (AvgIpc) is 2.53. The van der Waals surface area contributed by atoms with Crippen molar-refractivity contribution in [3.05, 3.63) is 29.0 Å². The number of likely N-dealkylation sites (tertiary alicyclic amines) is 1. The monoisotopic (exact) mass is 367 g/mol. The number of ether oxygens (including phenoxy) is 1. The fourth-order valence-corrected chi connectivity index (χ4v) is 3.13. The molecule has 1 fully saturated rings. The Morgan fingerprint density at radius 1 is 1.44 bits per heavy atom. The number of hydrogen-bond donors (Lipinski definition) is 0. The van der Waals surface area contributed by atoms with E-state index in [-0.39, 0.29) is 23.1 Å². The molecular weight excluding hydrogens is 342 g/mol. The fraction of sp³-hybridized carbons (Fsp3) is 0.611. The number of carbonyl (C=O) groups excluding carboxylic acids is 2. The van der Waals surface area contributed by atoms with Crippen molar-refractivity contribution in [1.29, 1.82) is 0 Å². The second-order valence-corrected chi connectivity index (χ2v) is 7.82. The van der Waals surface area contributed by atoms with Crippen molar-refractivity contribution in [1.82, 2.24) is 14.8 Å². The van der Waals surface area contributed by atoms with Gasteiger partial charge in [0.2, 0.25) is 0 Å². The third-order valence-corrected chi connectivity index (χ3v) is 4.34. The largest absolute Gasteiger partial charge is 0.444 e. The van der Waals surface area contributed by atoms with Gasteiger partial charge >= 0.3 is 6.09 Å². The van der Waals surface area contributed by atoms with Crippen LogP contribution in [0.5, 0.6) is 0 Å². The molecule has 0 spiro atoms. The zero-order valence-electron chi connectivity index (χ0n) is 15.3. The molecule has 0 radical (unpaired) electrons. The van der Waals surface area contributed by atoms with Crippen LogP contribution in [0.15, 0.2) is 18.3 Å². The Hall–Kier alpha value is -1.82. The number of halogens is 1. The second-order valence-electron chi connectivity index (χ2n) is 7.46. The van der Waals surface area contributed by atoms with Gasteiger partial charge in [-0.25, -0.2) is 9.78 Å². The molecule has 1 atom stereocenters. The number of piperidine rings is 1. The first kappa shape index (κ1) is 19.5. The number of pyridine rings is 1. The van der Waals surface area contributed by atoms with Crippen LogP contribution in [0, 0.1) is 5.92 Å². The molecular formula is C18H26ClN3O3. The molecule has 1 aliphatic rings. The Bertz CT molecular complexity index is 630. The molecule has 2 rings (SSSR count). The van der Waals surface area contributed by atoms with Gasteiger partial charge in [-0.15, -0.1) is 0 Å². The van der Waals surface area contributed by atoms with Gasteiger partial charge in [-0.2, -0.15) is 0 Å². The first-order valence-electron chi connectivity index (χ1n) is 8.51. The maximum atomic E-state index is 12.5. The Kier molecular flexibility index (Phi) is 6.27. The van der Waals surface area contributed by atoms with Crippen molar-refractivity contribution in [3.63, 3.8) is 0 Å².